The molecule has 7 nitrogen and oxygen atoms in total. The van der Waals surface area contributed by atoms with Crippen LogP contribution in [0.1, 0.15) is 56.6 Å². The number of carbonyl (C=O) groups excluding carboxylic acids is 1. The van der Waals surface area contributed by atoms with Gasteiger partial charge in [-0.1, -0.05) is 20.8 Å². The fourth-order valence-electron chi connectivity index (χ4n) is 5.85. The SMILES string of the molecule is CC(C)c1oc(=O)cc2c1[C@@H](O)[C@H]1OC(=O)[C@]3(C)[C@H](O)[C@H]4O[C@@H]4[C@]2(C)[C@H]13. The van der Waals surface area contributed by atoms with Gasteiger partial charge in [-0.15, -0.1) is 0 Å². The van der Waals surface area contributed by atoms with Crippen LogP contribution in [0.3, 0.4) is 0 Å². The number of hydrogen-bond acceptors (Lipinski definition) is 7. The molecule has 26 heavy (non-hydrogen) atoms. The van der Waals surface area contributed by atoms with Gasteiger partial charge < -0.3 is 24.1 Å². The van der Waals surface area contributed by atoms with Crippen molar-refractivity contribution in [1.82, 2.24) is 0 Å². The number of aliphatic hydroxyl groups excluding tert-OH is 2. The molecule has 0 unspecified atom stereocenters. The summed E-state index contributed by atoms with van der Waals surface area (Å²) in [5.74, 6) is -0.739. The van der Waals surface area contributed by atoms with E-state index in [1.54, 1.807) is 6.92 Å². The minimum absolute atomic E-state index is 0.124. The zero-order chi connectivity index (χ0) is 18.8. The van der Waals surface area contributed by atoms with Gasteiger partial charge in [0.05, 0.1) is 12.2 Å². The van der Waals surface area contributed by atoms with Crippen LogP contribution in [0.5, 0.6) is 0 Å². The maximum absolute atomic E-state index is 12.7. The zero-order valence-electron chi connectivity index (χ0n) is 15.1. The fourth-order valence-corrected chi connectivity index (χ4v) is 5.85. The maximum Gasteiger partial charge on any atom is 0.336 e. The summed E-state index contributed by atoms with van der Waals surface area (Å²) in [5.41, 5.74) is -1.25. The standard InChI is InChI=1S/C19H22O7/c1-6(2)11-9-7(5-8(20)24-11)18(3)14-12(10(9)21)26-17(23)19(14,4)15(22)13-16(18)25-13/h5-6,10,12-16,21-22H,1-4H3/t10-,12-,13-,14+,15-,16+,18+,19+/m1/s1. The first-order valence-corrected chi connectivity index (χ1v) is 9.04. The molecule has 7 heteroatoms. The average Bonchev–Trinajstić information content (AvgIpc) is 3.33. The second-order valence-corrected chi connectivity index (χ2v) is 8.74. The Balaban J connectivity index is 1.85. The molecule has 0 spiro atoms. The highest BCUT2D eigenvalue weighted by molar-refractivity contribution is 5.82. The molecule has 4 aliphatic rings. The maximum atomic E-state index is 12.7. The predicted octanol–water partition coefficient (Wildman–Crippen LogP) is 0.758. The number of aliphatic hydroxyl groups is 2. The van der Waals surface area contributed by atoms with Crippen molar-refractivity contribution in [2.75, 3.05) is 0 Å². The number of epoxide rings is 1. The van der Waals surface area contributed by atoms with Crippen LogP contribution < -0.4 is 5.63 Å². The summed E-state index contributed by atoms with van der Waals surface area (Å²) in [5, 5.41) is 21.8. The first kappa shape index (κ1) is 16.5. The molecule has 2 saturated heterocycles. The largest absolute Gasteiger partial charge is 0.458 e. The third-order valence-electron chi connectivity index (χ3n) is 7.09. The van der Waals surface area contributed by atoms with Crippen LogP contribution in [0, 0.1) is 11.3 Å². The van der Waals surface area contributed by atoms with Crippen molar-refractivity contribution < 1.29 is 28.9 Å². The van der Waals surface area contributed by atoms with Crippen LogP contribution in [-0.2, 0) is 19.7 Å². The second-order valence-electron chi connectivity index (χ2n) is 8.74. The van der Waals surface area contributed by atoms with Crippen molar-refractivity contribution in [3.63, 3.8) is 0 Å². The van der Waals surface area contributed by atoms with Gasteiger partial charge in [0.25, 0.3) is 0 Å². The number of hydrogen-bond donors (Lipinski definition) is 2. The summed E-state index contributed by atoms with van der Waals surface area (Å²) in [7, 11) is 0. The Morgan fingerprint density at radius 3 is 2.46 bits per heavy atom. The zero-order valence-corrected chi connectivity index (χ0v) is 15.1. The lowest BCUT2D eigenvalue weighted by atomic mass is 9.48. The molecular formula is C19H22O7. The molecule has 1 aromatic heterocycles. The highest BCUT2D eigenvalue weighted by Crippen LogP contribution is 2.68. The molecule has 0 amide bonds. The fraction of sp³-hybridized carbons (Fsp3) is 0.684. The van der Waals surface area contributed by atoms with E-state index in [0.29, 0.717) is 16.9 Å². The molecule has 2 aliphatic heterocycles. The Morgan fingerprint density at radius 2 is 1.81 bits per heavy atom. The highest BCUT2D eigenvalue weighted by atomic mass is 16.6. The second kappa shape index (κ2) is 4.58. The van der Waals surface area contributed by atoms with Gasteiger partial charge in [0.2, 0.25) is 0 Å². The van der Waals surface area contributed by atoms with E-state index in [9.17, 15) is 19.8 Å². The summed E-state index contributed by atoms with van der Waals surface area (Å²) in [6.45, 7) is 7.38. The lowest BCUT2D eigenvalue weighted by molar-refractivity contribution is -0.156. The molecule has 0 aromatic carbocycles. The van der Waals surface area contributed by atoms with Crippen molar-refractivity contribution in [3.05, 3.63) is 33.4 Å². The Morgan fingerprint density at radius 1 is 1.12 bits per heavy atom. The molecule has 3 fully saturated rings. The van der Waals surface area contributed by atoms with Crippen molar-refractivity contribution in [3.8, 4) is 0 Å². The van der Waals surface area contributed by atoms with Crippen molar-refractivity contribution >= 4 is 5.97 Å². The molecular weight excluding hydrogens is 340 g/mol. The summed E-state index contributed by atoms with van der Waals surface area (Å²) >= 11 is 0. The molecule has 0 radical (unpaired) electrons. The van der Waals surface area contributed by atoms with Gasteiger partial charge in [0.15, 0.2) is 0 Å². The van der Waals surface area contributed by atoms with Gasteiger partial charge in [-0.3, -0.25) is 4.79 Å². The minimum atomic E-state index is -1.19. The molecule has 1 aromatic rings. The number of rotatable bonds is 1. The van der Waals surface area contributed by atoms with Crippen molar-refractivity contribution in [1.29, 1.82) is 0 Å². The van der Waals surface area contributed by atoms with E-state index in [1.165, 1.54) is 6.07 Å². The van der Waals surface area contributed by atoms with Gasteiger partial charge in [-0.2, -0.15) is 0 Å². The molecule has 2 N–H and O–H groups in total. The van der Waals surface area contributed by atoms with Crippen LogP contribution in [0.2, 0.25) is 0 Å². The summed E-state index contributed by atoms with van der Waals surface area (Å²) < 4.78 is 16.8. The summed E-state index contributed by atoms with van der Waals surface area (Å²) in [4.78, 5) is 25.0. The van der Waals surface area contributed by atoms with E-state index in [0.717, 1.165) is 0 Å². The van der Waals surface area contributed by atoms with Crippen LogP contribution in [-0.4, -0.2) is 40.6 Å². The monoisotopic (exact) mass is 362 g/mol. The van der Waals surface area contributed by atoms with Crippen LogP contribution >= 0.6 is 0 Å². The van der Waals surface area contributed by atoms with Gasteiger partial charge in [0, 0.05) is 28.9 Å². The van der Waals surface area contributed by atoms with Gasteiger partial charge >= 0.3 is 11.6 Å². The Labute approximate surface area is 149 Å². The molecule has 8 atom stereocenters. The highest BCUT2D eigenvalue weighted by Gasteiger charge is 2.79. The van der Waals surface area contributed by atoms with Gasteiger partial charge in [0.1, 0.15) is 29.5 Å². The third kappa shape index (κ3) is 1.57. The van der Waals surface area contributed by atoms with E-state index in [1.807, 2.05) is 20.8 Å². The summed E-state index contributed by atoms with van der Waals surface area (Å²) in [6.07, 6.45) is -3.74. The van der Waals surface area contributed by atoms with Gasteiger partial charge in [-0.25, -0.2) is 4.79 Å². The lowest BCUT2D eigenvalue weighted by Crippen LogP contribution is -2.62. The van der Waals surface area contributed by atoms with Crippen LogP contribution in [0.4, 0.5) is 0 Å². The molecule has 3 heterocycles. The first-order valence-electron chi connectivity index (χ1n) is 9.04. The number of esters is 1. The Hall–Kier alpha value is -1.70. The topological polar surface area (TPSA) is 110 Å². The average molecular weight is 362 g/mol. The van der Waals surface area contributed by atoms with E-state index >= 15 is 0 Å². The number of carbonyl (C=O) groups is 1. The van der Waals surface area contributed by atoms with E-state index in [-0.39, 0.29) is 12.0 Å². The molecule has 2 aliphatic carbocycles. The Bertz CT molecular complexity index is 888. The van der Waals surface area contributed by atoms with Crippen molar-refractivity contribution in [2.45, 2.75) is 69.5 Å². The van der Waals surface area contributed by atoms with Crippen LogP contribution in [0.15, 0.2) is 15.3 Å². The normalized spacial score (nSPS) is 47.9. The van der Waals surface area contributed by atoms with E-state index in [4.69, 9.17) is 13.9 Å². The molecule has 1 saturated carbocycles. The lowest BCUT2D eigenvalue weighted by Gasteiger charge is -2.51. The smallest absolute Gasteiger partial charge is 0.336 e. The molecule has 0 bridgehead atoms. The number of fused-ring (bicyclic) bond motifs is 4. The molecule has 5 rings (SSSR count). The third-order valence-corrected chi connectivity index (χ3v) is 7.09. The van der Waals surface area contributed by atoms with Crippen LogP contribution in [0.25, 0.3) is 0 Å². The Kier molecular flexibility index (Phi) is 2.90. The minimum Gasteiger partial charge on any atom is -0.458 e. The number of ether oxygens (including phenoxy) is 2. The quantitative estimate of drug-likeness (QED) is 0.560. The van der Waals surface area contributed by atoms with E-state index in [2.05, 4.69) is 0 Å². The van der Waals surface area contributed by atoms with E-state index < -0.39 is 52.8 Å². The van der Waals surface area contributed by atoms with Crippen molar-refractivity contribution in [2.24, 2.45) is 11.3 Å². The molecule has 140 valence electrons. The van der Waals surface area contributed by atoms with Gasteiger partial charge in [-0.05, 0) is 12.5 Å². The predicted molar refractivity (Wildman–Crippen MR) is 87.5 cm³/mol. The first-order chi connectivity index (χ1) is 12.1. The summed E-state index contributed by atoms with van der Waals surface area (Å²) in [6, 6.07) is 1.40.